The lowest BCUT2D eigenvalue weighted by Gasteiger charge is -2.10. The summed E-state index contributed by atoms with van der Waals surface area (Å²) in [7, 11) is 1.71. The molecular weight excluding hydrogens is 224 g/mol. The third-order valence-electron chi connectivity index (χ3n) is 3.08. The van der Waals surface area contributed by atoms with Crippen LogP contribution in [0.15, 0.2) is 42.6 Å². The van der Waals surface area contributed by atoms with Crippen molar-refractivity contribution < 1.29 is 4.74 Å². The number of aryl methyl sites for hydroxylation is 1. The van der Waals surface area contributed by atoms with Crippen molar-refractivity contribution in [3.63, 3.8) is 0 Å². The molecule has 0 bridgehead atoms. The highest BCUT2D eigenvalue weighted by Crippen LogP contribution is 2.16. The zero-order chi connectivity index (χ0) is 12.8. The molecular formula is C15H20N2O. The molecule has 0 unspecified atom stereocenters. The summed E-state index contributed by atoms with van der Waals surface area (Å²) in [6, 6.07) is 12.3. The Hall–Kier alpha value is -1.74. The zero-order valence-corrected chi connectivity index (χ0v) is 11.0. The predicted molar refractivity (Wildman–Crippen MR) is 73.6 cm³/mol. The molecule has 0 fully saturated rings. The Balaban J connectivity index is 1.92. The number of benzene rings is 1. The van der Waals surface area contributed by atoms with E-state index < -0.39 is 0 Å². The monoisotopic (exact) mass is 244 g/mol. The fourth-order valence-corrected chi connectivity index (χ4v) is 2.09. The molecule has 3 nitrogen and oxygen atoms in total. The lowest BCUT2D eigenvalue weighted by atomic mass is 10.2. The maximum atomic E-state index is 5.33. The number of nitrogens with zero attached hydrogens (tertiary/aromatic N) is 1. The number of para-hydroxylation sites is 1. The number of methoxy groups -OCH3 is 1. The van der Waals surface area contributed by atoms with Gasteiger partial charge in [-0.2, -0.15) is 0 Å². The van der Waals surface area contributed by atoms with Crippen LogP contribution in [0, 0.1) is 0 Å². The van der Waals surface area contributed by atoms with Crippen molar-refractivity contribution in [2.45, 2.75) is 26.6 Å². The van der Waals surface area contributed by atoms with Gasteiger partial charge in [0.15, 0.2) is 0 Å². The highest BCUT2D eigenvalue weighted by atomic mass is 16.5. The Morgan fingerprint density at radius 1 is 1.11 bits per heavy atom. The molecule has 1 aromatic carbocycles. The van der Waals surface area contributed by atoms with Crippen molar-refractivity contribution >= 4 is 0 Å². The number of ether oxygens (including phenoxy) is 1. The van der Waals surface area contributed by atoms with Crippen LogP contribution in [0.5, 0.6) is 5.75 Å². The predicted octanol–water partition coefficient (Wildman–Crippen LogP) is 2.81. The van der Waals surface area contributed by atoms with Gasteiger partial charge in [0.1, 0.15) is 5.75 Å². The zero-order valence-electron chi connectivity index (χ0n) is 11.0. The molecule has 0 atom stereocenters. The first-order chi connectivity index (χ1) is 8.85. The van der Waals surface area contributed by atoms with Gasteiger partial charge in [0.25, 0.3) is 0 Å². The molecule has 0 aliphatic rings. The average molecular weight is 244 g/mol. The molecule has 0 saturated heterocycles. The SMILES string of the molecule is CCn1cccc1CNCc1ccccc1OC. The van der Waals surface area contributed by atoms with E-state index in [0.29, 0.717) is 0 Å². The number of hydrogen-bond acceptors (Lipinski definition) is 2. The van der Waals surface area contributed by atoms with Crippen LogP contribution in [0.1, 0.15) is 18.2 Å². The minimum atomic E-state index is 0.818. The molecule has 1 aromatic heterocycles. The molecule has 1 heterocycles. The van der Waals surface area contributed by atoms with E-state index in [1.165, 1.54) is 11.3 Å². The van der Waals surface area contributed by atoms with Gasteiger partial charge in [-0.15, -0.1) is 0 Å². The van der Waals surface area contributed by atoms with Gasteiger partial charge in [-0.05, 0) is 25.1 Å². The van der Waals surface area contributed by atoms with Gasteiger partial charge in [-0.1, -0.05) is 18.2 Å². The Bertz CT molecular complexity index is 491. The maximum Gasteiger partial charge on any atom is 0.123 e. The topological polar surface area (TPSA) is 26.2 Å². The summed E-state index contributed by atoms with van der Waals surface area (Å²) in [4.78, 5) is 0. The third-order valence-corrected chi connectivity index (χ3v) is 3.08. The summed E-state index contributed by atoms with van der Waals surface area (Å²) >= 11 is 0. The highest BCUT2D eigenvalue weighted by molar-refractivity contribution is 5.33. The summed E-state index contributed by atoms with van der Waals surface area (Å²) in [5.41, 5.74) is 2.50. The lowest BCUT2D eigenvalue weighted by Crippen LogP contribution is -2.15. The first-order valence-corrected chi connectivity index (χ1v) is 6.31. The fraction of sp³-hybridized carbons (Fsp3) is 0.333. The Morgan fingerprint density at radius 3 is 2.72 bits per heavy atom. The van der Waals surface area contributed by atoms with E-state index in [9.17, 15) is 0 Å². The Labute approximate surface area is 108 Å². The molecule has 2 aromatic rings. The summed E-state index contributed by atoms with van der Waals surface area (Å²) < 4.78 is 7.58. The number of hydrogen-bond donors (Lipinski definition) is 1. The van der Waals surface area contributed by atoms with E-state index in [2.05, 4.69) is 41.2 Å². The van der Waals surface area contributed by atoms with Crippen molar-refractivity contribution in [2.75, 3.05) is 7.11 Å². The van der Waals surface area contributed by atoms with Crippen LogP contribution in [-0.4, -0.2) is 11.7 Å². The molecule has 0 aliphatic heterocycles. The first kappa shape index (κ1) is 12.7. The summed E-state index contributed by atoms with van der Waals surface area (Å²) in [6.45, 7) is 4.86. The molecule has 1 N–H and O–H groups in total. The van der Waals surface area contributed by atoms with Crippen molar-refractivity contribution in [2.24, 2.45) is 0 Å². The third kappa shape index (κ3) is 2.93. The fourth-order valence-electron chi connectivity index (χ4n) is 2.09. The van der Waals surface area contributed by atoms with E-state index in [1.807, 2.05) is 18.2 Å². The number of aromatic nitrogens is 1. The molecule has 0 saturated carbocycles. The quantitative estimate of drug-likeness (QED) is 0.845. The Morgan fingerprint density at radius 2 is 1.94 bits per heavy atom. The van der Waals surface area contributed by atoms with Gasteiger partial charge in [0.05, 0.1) is 7.11 Å². The largest absolute Gasteiger partial charge is 0.496 e. The smallest absolute Gasteiger partial charge is 0.123 e. The van der Waals surface area contributed by atoms with Gasteiger partial charge in [-0.25, -0.2) is 0 Å². The van der Waals surface area contributed by atoms with Crippen LogP contribution < -0.4 is 10.1 Å². The van der Waals surface area contributed by atoms with E-state index >= 15 is 0 Å². The summed E-state index contributed by atoms with van der Waals surface area (Å²) in [6.07, 6.45) is 2.11. The molecule has 0 aliphatic carbocycles. The van der Waals surface area contributed by atoms with Crippen LogP contribution in [0.25, 0.3) is 0 Å². The van der Waals surface area contributed by atoms with Crippen LogP contribution in [0.3, 0.4) is 0 Å². The van der Waals surface area contributed by atoms with Gasteiger partial charge in [0, 0.05) is 37.1 Å². The normalized spacial score (nSPS) is 10.6. The van der Waals surface area contributed by atoms with Gasteiger partial charge >= 0.3 is 0 Å². The van der Waals surface area contributed by atoms with Crippen molar-refractivity contribution in [1.82, 2.24) is 9.88 Å². The second-order valence-corrected chi connectivity index (χ2v) is 4.20. The Kier molecular flexibility index (Phi) is 4.42. The molecule has 18 heavy (non-hydrogen) atoms. The number of nitrogens with one attached hydrogen (secondary N) is 1. The van der Waals surface area contributed by atoms with E-state index in [0.717, 1.165) is 25.4 Å². The molecule has 3 heteroatoms. The molecule has 0 spiro atoms. The van der Waals surface area contributed by atoms with Crippen molar-refractivity contribution in [3.8, 4) is 5.75 Å². The molecule has 0 amide bonds. The van der Waals surface area contributed by atoms with Crippen LogP contribution in [-0.2, 0) is 19.6 Å². The lowest BCUT2D eigenvalue weighted by molar-refractivity contribution is 0.407. The molecule has 0 radical (unpaired) electrons. The van der Waals surface area contributed by atoms with E-state index in [1.54, 1.807) is 7.11 Å². The maximum absolute atomic E-state index is 5.33. The molecule has 96 valence electrons. The van der Waals surface area contributed by atoms with Gasteiger partial charge in [-0.3, -0.25) is 0 Å². The van der Waals surface area contributed by atoms with Crippen molar-refractivity contribution in [3.05, 3.63) is 53.9 Å². The van der Waals surface area contributed by atoms with Crippen LogP contribution >= 0.6 is 0 Å². The summed E-state index contributed by atoms with van der Waals surface area (Å²) in [5.74, 6) is 0.941. The van der Waals surface area contributed by atoms with Crippen molar-refractivity contribution in [1.29, 1.82) is 0 Å². The second-order valence-electron chi connectivity index (χ2n) is 4.20. The molecule has 2 rings (SSSR count). The average Bonchev–Trinajstić information content (AvgIpc) is 2.87. The van der Waals surface area contributed by atoms with Gasteiger partial charge < -0.3 is 14.6 Å². The van der Waals surface area contributed by atoms with E-state index in [-0.39, 0.29) is 0 Å². The van der Waals surface area contributed by atoms with E-state index in [4.69, 9.17) is 4.74 Å². The summed E-state index contributed by atoms with van der Waals surface area (Å²) in [5, 5.41) is 3.45. The highest BCUT2D eigenvalue weighted by Gasteiger charge is 2.02. The van der Waals surface area contributed by atoms with Crippen LogP contribution in [0.2, 0.25) is 0 Å². The minimum Gasteiger partial charge on any atom is -0.496 e. The minimum absolute atomic E-state index is 0.818. The standard InChI is InChI=1S/C15H20N2O/c1-3-17-10-6-8-14(17)12-16-11-13-7-4-5-9-15(13)18-2/h4-10,16H,3,11-12H2,1-2H3. The second kappa shape index (κ2) is 6.26. The van der Waals surface area contributed by atoms with Crippen LogP contribution in [0.4, 0.5) is 0 Å². The first-order valence-electron chi connectivity index (χ1n) is 6.31. The van der Waals surface area contributed by atoms with Gasteiger partial charge in [0.2, 0.25) is 0 Å². The number of rotatable bonds is 6.